The largest absolute Gasteiger partial charge is 0.497 e. The number of hydrogen-bond acceptors (Lipinski definition) is 5. The first kappa shape index (κ1) is 16.4. The van der Waals surface area contributed by atoms with E-state index in [1.165, 1.54) is 0 Å². The van der Waals surface area contributed by atoms with E-state index in [0.717, 1.165) is 39.3 Å². The van der Waals surface area contributed by atoms with Crippen molar-refractivity contribution in [1.29, 1.82) is 0 Å². The number of aromatic nitrogens is 2. The van der Waals surface area contributed by atoms with E-state index in [0.29, 0.717) is 17.0 Å². The monoisotopic (exact) mass is 367 g/mol. The fourth-order valence-electron chi connectivity index (χ4n) is 3.73. The first-order valence-electron chi connectivity index (χ1n) is 9.02. The zero-order chi connectivity index (χ0) is 19.3. The summed E-state index contributed by atoms with van der Waals surface area (Å²) >= 11 is 0. The van der Waals surface area contributed by atoms with Gasteiger partial charge in [0.25, 0.3) is 0 Å². The number of methoxy groups -OCH3 is 1. The fraction of sp³-hybridized carbons (Fsp3) is 0.0870. The first-order chi connectivity index (χ1) is 13.7. The van der Waals surface area contributed by atoms with Gasteiger partial charge < -0.3 is 10.1 Å². The molecule has 1 aliphatic rings. The molecule has 136 valence electrons. The minimum atomic E-state index is -0.0165. The van der Waals surface area contributed by atoms with Crippen molar-refractivity contribution in [1.82, 2.24) is 9.97 Å². The number of rotatable bonds is 3. The van der Waals surface area contributed by atoms with Gasteiger partial charge in [-0.3, -0.25) is 4.79 Å². The number of carbonyl (C=O) groups excluding carboxylic acids is 1. The van der Waals surface area contributed by atoms with Gasteiger partial charge in [0.15, 0.2) is 5.78 Å². The molecule has 28 heavy (non-hydrogen) atoms. The molecule has 0 radical (unpaired) electrons. The van der Waals surface area contributed by atoms with Crippen molar-refractivity contribution in [2.45, 2.75) is 6.92 Å². The summed E-state index contributed by atoms with van der Waals surface area (Å²) in [6.45, 7) is 1.87. The Labute approximate surface area is 162 Å². The summed E-state index contributed by atoms with van der Waals surface area (Å²) in [4.78, 5) is 22.6. The van der Waals surface area contributed by atoms with Crippen molar-refractivity contribution in [3.63, 3.8) is 0 Å². The van der Waals surface area contributed by atoms with Crippen LogP contribution in [0.4, 0.5) is 11.4 Å². The molecule has 5 rings (SSSR count). The van der Waals surface area contributed by atoms with E-state index in [1.54, 1.807) is 7.11 Å². The number of aryl methyl sites for hydroxylation is 1. The van der Waals surface area contributed by atoms with Gasteiger partial charge in [0.1, 0.15) is 11.6 Å². The topological polar surface area (TPSA) is 64.1 Å². The molecule has 0 atom stereocenters. The SMILES string of the molecule is COc1ccc(Nc2ccc3nc(C)nc4c3c2C(=O)c2ccccc2-4)cc1. The highest BCUT2D eigenvalue weighted by molar-refractivity contribution is 6.27. The first-order valence-corrected chi connectivity index (χ1v) is 9.02. The molecular formula is C23H17N3O2. The van der Waals surface area contributed by atoms with Crippen LogP contribution in [0.3, 0.4) is 0 Å². The Bertz CT molecular complexity index is 1250. The second-order valence-electron chi connectivity index (χ2n) is 6.73. The number of fused-ring (bicyclic) bond motifs is 2. The molecule has 0 spiro atoms. The number of benzene rings is 3. The van der Waals surface area contributed by atoms with Crippen LogP contribution in [0, 0.1) is 6.92 Å². The molecule has 0 bridgehead atoms. The molecule has 0 fully saturated rings. The zero-order valence-corrected chi connectivity index (χ0v) is 15.5. The van der Waals surface area contributed by atoms with Crippen LogP contribution in [0.5, 0.6) is 5.75 Å². The van der Waals surface area contributed by atoms with E-state index in [2.05, 4.69) is 15.3 Å². The second kappa shape index (κ2) is 6.16. The Hall–Kier alpha value is -3.73. The molecule has 1 N–H and O–H groups in total. The standard InChI is InChI=1S/C23H17N3O2/c1-13-24-18-11-12-19(26-14-7-9-15(28-2)10-8-14)21-20(18)22(25-13)16-5-3-4-6-17(16)23(21)27/h3-12,26H,1-2H3. The van der Waals surface area contributed by atoms with Crippen molar-refractivity contribution in [2.24, 2.45) is 0 Å². The normalized spacial score (nSPS) is 12.0. The lowest BCUT2D eigenvalue weighted by atomic mass is 9.85. The van der Waals surface area contributed by atoms with Crippen molar-refractivity contribution >= 4 is 28.1 Å². The number of ether oxygens (including phenoxy) is 1. The van der Waals surface area contributed by atoms with Gasteiger partial charge in [0.05, 0.1) is 29.6 Å². The van der Waals surface area contributed by atoms with Crippen LogP contribution >= 0.6 is 0 Å². The van der Waals surface area contributed by atoms with Gasteiger partial charge in [-0.15, -0.1) is 0 Å². The summed E-state index contributed by atoms with van der Waals surface area (Å²) in [6, 6.07) is 19.1. The Balaban J connectivity index is 1.74. The lowest BCUT2D eigenvalue weighted by Gasteiger charge is -2.22. The van der Waals surface area contributed by atoms with Crippen LogP contribution in [0.2, 0.25) is 0 Å². The lowest BCUT2D eigenvalue weighted by Crippen LogP contribution is -2.14. The maximum absolute atomic E-state index is 13.4. The Morgan fingerprint density at radius 1 is 0.893 bits per heavy atom. The molecule has 1 aromatic heterocycles. The molecule has 0 saturated heterocycles. The highest BCUT2D eigenvalue weighted by atomic mass is 16.5. The van der Waals surface area contributed by atoms with Gasteiger partial charge in [-0.1, -0.05) is 24.3 Å². The molecule has 5 nitrogen and oxygen atoms in total. The van der Waals surface area contributed by atoms with E-state index in [-0.39, 0.29) is 5.78 Å². The van der Waals surface area contributed by atoms with E-state index < -0.39 is 0 Å². The number of ketones is 1. The third-order valence-corrected chi connectivity index (χ3v) is 5.00. The van der Waals surface area contributed by atoms with Gasteiger partial charge in [0.2, 0.25) is 0 Å². The van der Waals surface area contributed by atoms with Crippen molar-refractivity contribution in [3.8, 4) is 17.0 Å². The molecule has 5 heteroatoms. The smallest absolute Gasteiger partial charge is 0.196 e. The van der Waals surface area contributed by atoms with Crippen LogP contribution in [-0.2, 0) is 0 Å². The van der Waals surface area contributed by atoms with Crippen LogP contribution < -0.4 is 10.1 Å². The summed E-state index contributed by atoms with van der Waals surface area (Å²) in [5.41, 5.74) is 5.34. The van der Waals surface area contributed by atoms with Gasteiger partial charge in [0, 0.05) is 22.2 Å². The molecule has 1 heterocycles. The fourth-order valence-corrected chi connectivity index (χ4v) is 3.73. The Morgan fingerprint density at radius 2 is 1.64 bits per heavy atom. The number of hydrogen-bond donors (Lipinski definition) is 1. The molecule has 0 saturated carbocycles. The predicted molar refractivity (Wildman–Crippen MR) is 109 cm³/mol. The molecular weight excluding hydrogens is 350 g/mol. The molecule has 3 aromatic carbocycles. The number of anilines is 2. The third kappa shape index (κ3) is 2.44. The summed E-state index contributed by atoms with van der Waals surface area (Å²) in [5.74, 6) is 1.45. The quantitative estimate of drug-likeness (QED) is 0.491. The summed E-state index contributed by atoms with van der Waals surface area (Å²) < 4.78 is 5.22. The van der Waals surface area contributed by atoms with Crippen LogP contribution in [0.15, 0.2) is 60.7 Å². The van der Waals surface area contributed by atoms with Crippen LogP contribution in [-0.4, -0.2) is 22.9 Å². The summed E-state index contributed by atoms with van der Waals surface area (Å²) in [6.07, 6.45) is 0. The van der Waals surface area contributed by atoms with Crippen LogP contribution in [0.25, 0.3) is 22.2 Å². The van der Waals surface area contributed by atoms with Crippen LogP contribution in [0.1, 0.15) is 21.7 Å². The molecule has 1 aliphatic carbocycles. The number of nitrogens with zero attached hydrogens (tertiary/aromatic N) is 2. The van der Waals surface area contributed by atoms with Crippen molar-refractivity contribution in [2.75, 3.05) is 12.4 Å². The maximum Gasteiger partial charge on any atom is 0.196 e. The predicted octanol–water partition coefficient (Wildman–Crippen LogP) is 4.90. The molecule has 0 aliphatic heterocycles. The van der Waals surface area contributed by atoms with Gasteiger partial charge in [-0.2, -0.15) is 0 Å². The second-order valence-corrected chi connectivity index (χ2v) is 6.73. The van der Waals surface area contributed by atoms with E-state index in [4.69, 9.17) is 4.74 Å². The Morgan fingerprint density at radius 3 is 2.39 bits per heavy atom. The Kier molecular flexibility index (Phi) is 3.62. The van der Waals surface area contributed by atoms with Gasteiger partial charge >= 0.3 is 0 Å². The molecule has 0 unspecified atom stereocenters. The van der Waals surface area contributed by atoms with Crippen molar-refractivity contribution < 1.29 is 9.53 Å². The highest BCUT2D eigenvalue weighted by Crippen LogP contribution is 2.41. The summed E-state index contributed by atoms with van der Waals surface area (Å²) in [7, 11) is 1.63. The molecule has 4 aromatic rings. The minimum absolute atomic E-state index is 0.0165. The maximum atomic E-state index is 13.4. The van der Waals surface area contributed by atoms with E-state index in [9.17, 15) is 4.79 Å². The van der Waals surface area contributed by atoms with E-state index >= 15 is 0 Å². The molecule has 0 amide bonds. The minimum Gasteiger partial charge on any atom is -0.497 e. The highest BCUT2D eigenvalue weighted by Gasteiger charge is 2.29. The third-order valence-electron chi connectivity index (χ3n) is 5.00. The van der Waals surface area contributed by atoms with E-state index in [1.807, 2.05) is 67.6 Å². The lowest BCUT2D eigenvalue weighted by molar-refractivity contribution is 0.104. The van der Waals surface area contributed by atoms with Crippen molar-refractivity contribution in [3.05, 3.63) is 77.6 Å². The average molecular weight is 367 g/mol. The average Bonchev–Trinajstić information content (AvgIpc) is 2.73. The van der Waals surface area contributed by atoms with Gasteiger partial charge in [-0.25, -0.2) is 9.97 Å². The van der Waals surface area contributed by atoms with Gasteiger partial charge in [-0.05, 0) is 43.3 Å². The summed E-state index contributed by atoms with van der Waals surface area (Å²) in [5, 5.41) is 4.17. The zero-order valence-electron chi connectivity index (χ0n) is 15.5. The number of nitrogens with one attached hydrogen (secondary N) is 1. The number of carbonyl (C=O) groups is 1.